The van der Waals surface area contributed by atoms with Crippen LogP contribution in [0.15, 0.2) is 71.9 Å². The zero-order chi connectivity index (χ0) is 21.3. The van der Waals surface area contributed by atoms with E-state index in [2.05, 4.69) is 20.8 Å². The van der Waals surface area contributed by atoms with Gasteiger partial charge in [0.2, 0.25) is 0 Å². The van der Waals surface area contributed by atoms with E-state index in [4.69, 9.17) is 4.74 Å². The summed E-state index contributed by atoms with van der Waals surface area (Å²) in [6, 6.07) is 16.0. The predicted molar refractivity (Wildman–Crippen MR) is 120 cm³/mol. The van der Waals surface area contributed by atoms with Gasteiger partial charge in [-0.1, -0.05) is 18.2 Å². The van der Waals surface area contributed by atoms with Crippen molar-refractivity contribution in [2.45, 2.75) is 4.90 Å². The van der Waals surface area contributed by atoms with Gasteiger partial charge in [-0.15, -0.1) is 0 Å². The molecule has 0 aliphatic rings. The standard InChI is InChI=1S/C22H22N4O3S/c1-26(2)16-7-4-6-15(12-16)19-14-24-22-21(19)20(10-11-23-22)25-30(27,28)18-9-5-8-17(13-18)29-3/h4-14H,1-3H3,(H2,23,24,25). The number of hydrogen-bond donors (Lipinski definition) is 2. The Bertz CT molecular complexity index is 1310. The lowest BCUT2D eigenvalue weighted by Crippen LogP contribution is -2.13. The van der Waals surface area contributed by atoms with Crippen LogP contribution in [-0.2, 0) is 10.0 Å². The maximum Gasteiger partial charge on any atom is 0.262 e. The first-order chi connectivity index (χ1) is 14.4. The smallest absolute Gasteiger partial charge is 0.262 e. The van der Waals surface area contributed by atoms with Gasteiger partial charge in [-0.3, -0.25) is 4.72 Å². The molecule has 0 aliphatic carbocycles. The van der Waals surface area contributed by atoms with E-state index in [-0.39, 0.29) is 4.90 Å². The molecule has 7 nitrogen and oxygen atoms in total. The third-order valence-corrected chi connectivity index (χ3v) is 6.21. The number of hydrogen-bond acceptors (Lipinski definition) is 5. The van der Waals surface area contributed by atoms with E-state index in [1.807, 2.05) is 43.4 Å². The second-order valence-electron chi connectivity index (χ2n) is 7.01. The maximum atomic E-state index is 13.0. The van der Waals surface area contributed by atoms with Crippen LogP contribution in [0.2, 0.25) is 0 Å². The van der Waals surface area contributed by atoms with Crippen molar-refractivity contribution < 1.29 is 13.2 Å². The van der Waals surface area contributed by atoms with Gasteiger partial charge < -0.3 is 14.6 Å². The second kappa shape index (κ2) is 7.72. The van der Waals surface area contributed by atoms with Crippen LogP contribution >= 0.6 is 0 Å². The molecule has 4 rings (SSSR count). The van der Waals surface area contributed by atoms with E-state index in [0.29, 0.717) is 22.5 Å². The van der Waals surface area contributed by atoms with Crippen LogP contribution < -0.4 is 14.4 Å². The first-order valence-electron chi connectivity index (χ1n) is 9.30. The Hall–Kier alpha value is -3.52. The SMILES string of the molecule is COc1cccc(S(=O)(=O)Nc2ccnc3[nH]cc(-c4cccc(N(C)C)c4)c23)c1. The number of anilines is 2. The number of aromatic nitrogens is 2. The molecule has 30 heavy (non-hydrogen) atoms. The molecule has 8 heteroatoms. The molecule has 154 valence electrons. The highest BCUT2D eigenvalue weighted by Crippen LogP contribution is 2.35. The van der Waals surface area contributed by atoms with Gasteiger partial charge in [0.05, 0.1) is 23.1 Å². The molecular weight excluding hydrogens is 400 g/mol. The van der Waals surface area contributed by atoms with Crippen LogP contribution in [0.3, 0.4) is 0 Å². The Kier molecular flexibility index (Phi) is 5.09. The Balaban J connectivity index is 1.81. The Morgan fingerprint density at radius 1 is 1.07 bits per heavy atom. The van der Waals surface area contributed by atoms with E-state index in [9.17, 15) is 8.42 Å². The minimum Gasteiger partial charge on any atom is -0.497 e. The highest BCUT2D eigenvalue weighted by molar-refractivity contribution is 7.92. The van der Waals surface area contributed by atoms with E-state index in [0.717, 1.165) is 16.8 Å². The van der Waals surface area contributed by atoms with Gasteiger partial charge in [0, 0.05) is 43.8 Å². The molecule has 4 aromatic rings. The molecule has 0 saturated carbocycles. The minimum absolute atomic E-state index is 0.124. The van der Waals surface area contributed by atoms with Gasteiger partial charge >= 0.3 is 0 Å². The highest BCUT2D eigenvalue weighted by Gasteiger charge is 2.19. The molecule has 0 atom stereocenters. The Morgan fingerprint density at radius 2 is 1.87 bits per heavy atom. The molecule has 0 amide bonds. The first kappa shape index (κ1) is 19.8. The van der Waals surface area contributed by atoms with E-state index >= 15 is 0 Å². The number of fused-ring (bicyclic) bond motifs is 1. The largest absolute Gasteiger partial charge is 0.497 e. The van der Waals surface area contributed by atoms with Crippen molar-refractivity contribution in [2.24, 2.45) is 0 Å². The number of H-pyrrole nitrogens is 1. The van der Waals surface area contributed by atoms with Gasteiger partial charge in [0.15, 0.2) is 0 Å². The number of nitrogens with zero attached hydrogens (tertiary/aromatic N) is 2. The molecule has 0 spiro atoms. The van der Waals surface area contributed by atoms with E-state index < -0.39 is 10.0 Å². The lowest BCUT2D eigenvalue weighted by atomic mass is 10.0. The number of methoxy groups -OCH3 is 1. The topological polar surface area (TPSA) is 87.3 Å². The Morgan fingerprint density at radius 3 is 2.63 bits per heavy atom. The number of rotatable bonds is 6. The van der Waals surface area contributed by atoms with Crippen molar-refractivity contribution in [2.75, 3.05) is 30.8 Å². The van der Waals surface area contributed by atoms with Gasteiger partial charge in [-0.2, -0.15) is 0 Å². The second-order valence-corrected chi connectivity index (χ2v) is 8.70. The van der Waals surface area contributed by atoms with Crippen LogP contribution in [0.1, 0.15) is 0 Å². The van der Waals surface area contributed by atoms with Crippen molar-refractivity contribution in [3.63, 3.8) is 0 Å². The quantitative estimate of drug-likeness (QED) is 0.488. The summed E-state index contributed by atoms with van der Waals surface area (Å²) in [5.41, 5.74) is 3.93. The molecular formula is C22H22N4O3S. The summed E-state index contributed by atoms with van der Waals surface area (Å²) in [5, 5.41) is 0.708. The normalized spacial score (nSPS) is 11.4. The number of sulfonamides is 1. The average Bonchev–Trinajstić information content (AvgIpc) is 3.19. The summed E-state index contributed by atoms with van der Waals surface area (Å²) in [6.07, 6.45) is 3.41. The summed E-state index contributed by atoms with van der Waals surface area (Å²) in [5.74, 6) is 0.473. The Labute approximate surface area is 175 Å². The van der Waals surface area contributed by atoms with Crippen molar-refractivity contribution in [1.82, 2.24) is 9.97 Å². The van der Waals surface area contributed by atoms with Gasteiger partial charge in [-0.05, 0) is 35.9 Å². The van der Waals surface area contributed by atoms with Crippen LogP contribution in [0.5, 0.6) is 5.75 Å². The molecule has 2 aromatic carbocycles. The number of aromatic amines is 1. The summed E-state index contributed by atoms with van der Waals surface area (Å²) in [6.45, 7) is 0. The van der Waals surface area contributed by atoms with Crippen LogP contribution in [0.4, 0.5) is 11.4 Å². The first-order valence-corrected chi connectivity index (χ1v) is 10.8. The van der Waals surface area contributed by atoms with Crippen LogP contribution in [0, 0.1) is 0 Å². The number of benzene rings is 2. The van der Waals surface area contributed by atoms with Crippen molar-refractivity contribution in [3.05, 3.63) is 67.0 Å². The number of pyridine rings is 1. The fourth-order valence-electron chi connectivity index (χ4n) is 3.29. The number of nitrogens with one attached hydrogen (secondary N) is 2. The van der Waals surface area contributed by atoms with Crippen LogP contribution in [-0.4, -0.2) is 39.6 Å². The third kappa shape index (κ3) is 3.69. The van der Waals surface area contributed by atoms with Crippen molar-refractivity contribution in [3.8, 4) is 16.9 Å². The van der Waals surface area contributed by atoms with Crippen molar-refractivity contribution in [1.29, 1.82) is 0 Å². The van der Waals surface area contributed by atoms with Gasteiger partial charge in [0.1, 0.15) is 11.4 Å². The van der Waals surface area contributed by atoms with E-state index in [1.54, 1.807) is 24.4 Å². The number of ether oxygens (including phenoxy) is 1. The monoisotopic (exact) mass is 422 g/mol. The minimum atomic E-state index is -3.82. The summed E-state index contributed by atoms with van der Waals surface area (Å²) >= 11 is 0. The average molecular weight is 423 g/mol. The molecule has 0 bridgehead atoms. The third-order valence-electron chi connectivity index (χ3n) is 4.84. The lowest BCUT2D eigenvalue weighted by molar-refractivity contribution is 0.413. The van der Waals surface area contributed by atoms with Crippen LogP contribution in [0.25, 0.3) is 22.2 Å². The predicted octanol–water partition coefficient (Wildman–Crippen LogP) is 4.11. The van der Waals surface area contributed by atoms with E-state index in [1.165, 1.54) is 19.2 Å². The molecule has 0 fully saturated rings. The molecule has 2 aromatic heterocycles. The lowest BCUT2D eigenvalue weighted by Gasteiger charge is -2.14. The fourth-order valence-corrected chi connectivity index (χ4v) is 4.40. The molecule has 2 N–H and O–H groups in total. The zero-order valence-electron chi connectivity index (χ0n) is 16.9. The molecule has 0 aliphatic heterocycles. The summed E-state index contributed by atoms with van der Waals surface area (Å²) in [7, 11) is 1.64. The summed E-state index contributed by atoms with van der Waals surface area (Å²) < 4.78 is 33.9. The maximum absolute atomic E-state index is 13.0. The van der Waals surface area contributed by atoms with Gasteiger partial charge in [0.25, 0.3) is 10.0 Å². The molecule has 0 radical (unpaired) electrons. The summed E-state index contributed by atoms with van der Waals surface area (Å²) in [4.78, 5) is 9.64. The molecule has 0 unspecified atom stereocenters. The zero-order valence-corrected chi connectivity index (χ0v) is 17.7. The van der Waals surface area contributed by atoms with Crippen molar-refractivity contribution >= 4 is 32.4 Å². The van der Waals surface area contributed by atoms with Gasteiger partial charge in [-0.25, -0.2) is 13.4 Å². The fraction of sp³-hybridized carbons (Fsp3) is 0.136. The molecule has 2 heterocycles. The molecule has 0 saturated heterocycles. The highest BCUT2D eigenvalue weighted by atomic mass is 32.2.